The molecule has 76 valence electrons. The van der Waals surface area contributed by atoms with Gasteiger partial charge >= 0.3 is 6.09 Å². The van der Waals surface area contributed by atoms with Crippen LogP contribution in [-0.4, -0.2) is 23.7 Å². The van der Waals surface area contributed by atoms with E-state index in [2.05, 4.69) is 5.32 Å². The van der Waals surface area contributed by atoms with Crippen molar-refractivity contribution in [1.82, 2.24) is 5.32 Å². The topological polar surface area (TPSA) is 64.3 Å². The molecule has 3 N–H and O–H groups in total. The summed E-state index contributed by atoms with van der Waals surface area (Å²) >= 11 is 4.79. The van der Waals surface area contributed by atoms with Crippen molar-refractivity contribution in [3.05, 3.63) is 0 Å². The van der Waals surface area contributed by atoms with Crippen LogP contribution in [0.15, 0.2) is 0 Å². The number of nitrogens with one attached hydrogen (secondary N) is 1. The predicted molar refractivity (Wildman–Crippen MR) is 55.6 cm³/mol. The highest BCUT2D eigenvalue weighted by molar-refractivity contribution is 7.80. The number of thiocarbonyl (C=S) groups is 1. The minimum Gasteiger partial charge on any atom is -0.450 e. The van der Waals surface area contributed by atoms with Crippen LogP contribution in [0, 0.1) is 0 Å². The SMILES string of the molecule is CCCC(NC(=O)OCC)C(N)=S. The lowest BCUT2D eigenvalue weighted by Crippen LogP contribution is -2.43. The zero-order chi connectivity index (χ0) is 10.3. The lowest BCUT2D eigenvalue weighted by molar-refractivity contribution is 0.150. The van der Waals surface area contributed by atoms with E-state index in [9.17, 15) is 4.79 Å². The summed E-state index contributed by atoms with van der Waals surface area (Å²) in [4.78, 5) is 11.3. The summed E-state index contributed by atoms with van der Waals surface area (Å²) in [6.45, 7) is 4.09. The molecule has 0 aromatic rings. The Hall–Kier alpha value is -0.840. The largest absolute Gasteiger partial charge is 0.450 e. The summed E-state index contributed by atoms with van der Waals surface area (Å²) in [6.07, 6.45) is 1.19. The monoisotopic (exact) mass is 204 g/mol. The number of amides is 1. The molecule has 0 aliphatic rings. The number of nitrogens with two attached hydrogens (primary N) is 1. The van der Waals surface area contributed by atoms with Crippen molar-refractivity contribution in [3.8, 4) is 0 Å². The van der Waals surface area contributed by atoms with Crippen LogP contribution in [-0.2, 0) is 4.74 Å². The Kier molecular flexibility index (Phi) is 6.22. The molecule has 0 aliphatic carbocycles. The smallest absolute Gasteiger partial charge is 0.407 e. The molecule has 0 heterocycles. The van der Waals surface area contributed by atoms with Crippen LogP contribution in [0.4, 0.5) is 4.79 Å². The fourth-order valence-electron chi connectivity index (χ4n) is 0.889. The summed E-state index contributed by atoms with van der Waals surface area (Å²) < 4.78 is 4.70. The molecule has 0 aliphatic heterocycles. The van der Waals surface area contributed by atoms with Crippen molar-refractivity contribution < 1.29 is 9.53 Å². The van der Waals surface area contributed by atoms with E-state index in [1.807, 2.05) is 6.92 Å². The molecular formula is C8H16N2O2S. The summed E-state index contributed by atoms with van der Waals surface area (Å²) in [7, 11) is 0. The van der Waals surface area contributed by atoms with E-state index in [-0.39, 0.29) is 6.04 Å². The zero-order valence-electron chi connectivity index (χ0n) is 8.00. The minimum absolute atomic E-state index is 0.251. The van der Waals surface area contributed by atoms with E-state index >= 15 is 0 Å². The van der Waals surface area contributed by atoms with Crippen LogP contribution < -0.4 is 11.1 Å². The van der Waals surface area contributed by atoms with Crippen LogP contribution >= 0.6 is 12.2 Å². The maximum atomic E-state index is 11.0. The molecule has 1 atom stereocenters. The Balaban J connectivity index is 3.94. The average Bonchev–Trinajstić information content (AvgIpc) is 2.04. The number of carbonyl (C=O) groups excluding carboxylic acids is 1. The Morgan fingerprint density at radius 3 is 2.62 bits per heavy atom. The molecule has 1 amide bonds. The number of rotatable bonds is 5. The highest BCUT2D eigenvalue weighted by atomic mass is 32.1. The highest BCUT2D eigenvalue weighted by Crippen LogP contribution is 1.97. The minimum atomic E-state index is -0.464. The number of alkyl carbamates (subject to hydrolysis) is 1. The van der Waals surface area contributed by atoms with E-state index in [1.165, 1.54) is 0 Å². The van der Waals surface area contributed by atoms with Gasteiger partial charge < -0.3 is 15.8 Å². The summed E-state index contributed by atoms with van der Waals surface area (Å²) in [5.41, 5.74) is 5.43. The third-order valence-electron chi connectivity index (χ3n) is 1.49. The second-order valence-electron chi connectivity index (χ2n) is 2.61. The van der Waals surface area contributed by atoms with Gasteiger partial charge in [0.2, 0.25) is 0 Å². The van der Waals surface area contributed by atoms with E-state index in [4.69, 9.17) is 22.7 Å². The molecule has 0 rings (SSSR count). The fraction of sp³-hybridized carbons (Fsp3) is 0.750. The number of hydrogen-bond donors (Lipinski definition) is 2. The van der Waals surface area contributed by atoms with Crippen molar-refractivity contribution in [2.24, 2.45) is 5.73 Å². The lowest BCUT2D eigenvalue weighted by Gasteiger charge is -2.15. The molecule has 0 spiro atoms. The standard InChI is InChI=1S/C8H16N2O2S/c1-3-5-6(7(9)13)10-8(11)12-4-2/h6H,3-5H2,1-2H3,(H2,9,13)(H,10,11). The Morgan fingerprint density at radius 1 is 1.62 bits per heavy atom. The Morgan fingerprint density at radius 2 is 2.23 bits per heavy atom. The first kappa shape index (κ1) is 12.2. The molecule has 0 aromatic carbocycles. The maximum absolute atomic E-state index is 11.0. The van der Waals surface area contributed by atoms with Gasteiger partial charge in [-0.1, -0.05) is 25.6 Å². The molecule has 0 bridgehead atoms. The predicted octanol–water partition coefficient (Wildman–Crippen LogP) is 1.19. The van der Waals surface area contributed by atoms with Gasteiger partial charge in [0.15, 0.2) is 0 Å². The first-order valence-corrected chi connectivity index (χ1v) is 4.75. The normalized spacial score (nSPS) is 11.8. The van der Waals surface area contributed by atoms with Gasteiger partial charge in [0, 0.05) is 0 Å². The Labute approximate surface area is 83.8 Å². The first-order chi connectivity index (χ1) is 6.11. The van der Waals surface area contributed by atoms with E-state index < -0.39 is 6.09 Å². The van der Waals surface area contributed by atoms with E-state index in [0.717, 1.165) is 12.8 Å². The molecule has 0 saturated carbocycles. The number of hydrogen-bond acceptors (Lipinski definition) is 3. The van der Waals surface area contributed by atoms with Gasteiger partial charge in [-0.05, 0) is 13.3 Å². The molecule has 0 fully saturated rings. The molecule has 4 nitrogen and oxygen atoms in total. The second-order valence-corrected chi connectivity index (χ2v) is 3.08. The van der Waals surface area contributed by atoms with Crippen molar-refractivity contribution in [2.75, 3.05) is 6.61 Å². The number of ether oxygens (including phenoxy) is 1. The van der Waals surface area contributed by atoms with Crippen molar-refractivity contribution in [2.45, 2.75) is 32.7 Å². The van der Waals surface area contributed by atoms with Crippen LogP contribution in [0.2, 0.25) is 0 Å². The first-order valence-electron chi connectivity index (χ1n) is 4.34. The fourth-order valence-corrected chi connectivity index (χ4v) is 1.07. The van der Waals surface area contributed by atoms with Crippen LogP contribution in [0.25, 0.3) is 0 Å². The molecule has 0 radical (unpaired) electrons. The van der Waals surface area contributed by atoms with Crippen molar-refractivity contribution >= 4 is 23.3 Å². The molecule has 1 unspecified atom stereocenters. The van der Waals surface area contributed by atoms with E-state index in [1.54, 1.807) is 6.92 Å². The molecule has 0 aromatic heterocycles. The summed E-state index contributed by atoms with van der Waals surface area (Å²) in [5.74, 6) is 0. The zero-order valence-corrected chi connectivity index (χ0v) is 8.82. The van der Waals surface area contributed by atoms with Gasteiger partial charge in [-0.3, -0.25) is 0 Å². The Bertz CT molecular complexity index is 185. The van der Waals surface area contributed by atoms with Gasteiger partial charge in [0.25, 0.3) is 0 Å². The van der Waals surface area contributed by atoms with Crippen LogP contribution in [0.3, 0.4) is 0 Å². The third kappa shape index (κ3) is 5.41. The van der Waals surface area contributed by atoms with Gasteiger partial charge in [0.1, 0.15) is 0 Å². The molecule has 13 heavy (non-hydrogen) atoms. The highest BCUT2D eigenvalue weighted by Gasteiger charge is 2.13. The maximum Gasteiger partial charge on any atom is 0.407 e. The van der Waals surface area contributed by atoms with Crippen molar-refractivity contribution in [1.29, 1.82) is 0 Å². The van der Waals surface area contributed by atoms with Crippen LogP contribution in [0.1, 0.15) is 26.7 Å². The van der Waals surface area contributed by atoms with Crippen molar-refractivity contribution in [3.63, 3.8) is 0 Å². The quantitative estimate of drug-likeness (QED) is 0.660. The van der Waals surface area contributed by atoms with Gasteiger partial charge in [-0.25, -0.2) is 4.79 Å². The lowest BCUT2D eigenvalue weighted by atomic mass is 10.2. The second kappa shape index (κ2) is 6.65. The third-order valence-corrected chi connectivity index (χ3v) is 1.77. The molecule has 5 heteroatoms. The van der Waals surface area contributed by atoms with Gasteiger partial charge in [0.05, 0.1) is 17.6 Å². The van der Waals surface area contributed by atoms with Gasteiger partial charge in [-0.15, -0.1) is 0 Å². The van der Waals surface area contributed by atoms with Gasteiger partial charge in [-0.2, -0.15) is 0 Å². The molecule has 0 saturated heterocycles. The molecular weight excluding hydrogens is 188 g/mol. The van der Waals surface area contributed by atoms with E-state index in [0.29, 0.717) is 11.6 Å². The number of carbonyl (C=O) groups is 1. The van der Waals surface area contributed by atoms with Crippen LogP contribution in [0.5, 0.6) is 0 Å². The summed E-state index contributed by atoms with van der Waals surface area (Å²) in [5, 5.41) is 2.59. The summed E-state index contributed by atoms with van der Waals surface area (Å²) in [6, 6.07) is -0.251. The average molecular weight is 204 g/mol.